The van der Waals surface area contributed by atoms with Gasteiger partial charge in [0, 0.05) is 47.9 Å². The minimum atomic E-state index is 0.882. The van der Waals surface area contributed by atoms with E-state index in [1.165, 1.54) is 58.8 Å². The molecule has 2 heterocycles. The number of hydrogen-bond acceptors (Lipinski definition) is 3. The molecule has 286 valence electrons. The molecular formula is C58H37NOS. The van der Waals surface area contributed by atoms with Crippen molar-refractivity contribution >= 4 is 81.3 Å². The molecule has 0 aliphatic rings. The van der Waals surface area contributed by atoms with Crippen LogP contribution in [-0.4, -0.2) is 0 Å². The predicted octanol–water partition coefficient (Wildman–Crippen LogP) is 17.2. The van der Waals surface area contributed by atoms with Crippen LogP contribution in [0.25, 0.3) is 97.4 Å². The maximum Gasteiger partial charge on any atom is 0.136 e. The Morgan fingerprint density at radius 1 is 0.311 bits per heavy atom. The van der Waals surface area contributed by atoms with E-state index in [1.807, 2.05) is 23.5 Å². The van der Waals surface area contributed by atoms with Crippen molar-refractivity contribution in [1.82, 2.24) is 0 Å². The standard InChI is InChI=1S/C58H37NOS/c1-2-18-47-39(12-1)13-11-22-48(47)43-16-9-14-40(34-43)41-15-10-17-46(35-41)59(45-30-26-38(27-31-45)42-28-33-53-52-21-5-8-25-57(52)61-58(53)37-42)54-23-6-3-19-49(54)44-29-32-51-50-20-4-7-24-55(50)60-56(51)36-44/h1-37H. The molecule has 61 heavy (non-hydrogen) atoms. The molecule has 12 rings (SSSR count). The monoisotopic (exact) mass is 795 g/mol. The number of nitrogens with zero attached hydrogens (tertiary/aromatic N) is 1. The van der Waals surface area contributed by atoms with Gasteiger partial charge in [-0.05, 0) is 116 Å². The first-order valence-corrected chi connectivity index (χ1v) is 21.5. The van der Waals surface area contributed by atoms with E-state index in [1.54, 1.807) is 0 Å². The summed E-state index contributed by atoms with van der Waals surface area (Å²) < 4.78 is 9.03. The van der Waals surface area contributed by atoms with Crippen LogP contribution in [0.2, 0.25) is 0 Å². The average molecular weight is 796 g/mol. The van der Waals surface area contributed by atoms with Gasteiger partial charge in [0.15, 0.2) is 0 Å². The molecule has 0 spiro atoms. The number of rotatable bonds is 7. The average Bonchev–Trinajstić information content (AvgIpc) is 3.90. The lowest BCUT2D eigenvalue weighted by Crippen LogP contribution is -2.11. The van der Waals surface area contributed by atoms with Crippen LogP contribution in [0.5, 0.6) is 0 Å². The van der Waals surface area contributed by atoms with Gasteiger partial charge in [0.05, 0.1) is 5.69 Å². The van der Waals surface area contributed by atoms with Crippen LogP contribution in [0.4, 0.5) is 17.1 Å². The molecule has 0 amide bonds. The number of benzene rings is 10. The summed E-state index contributed by atoms with van der Waals surface area (Å²) in [6.07, 6.45) is 0. The van der Waals surface area contributed by atoms with Gasteiger partial charge >= 0.3 is 0 Å². The Morgan fingerprint density at radius 3 is 1.82 bits per heavy atom. The normalized spacial score (nSPS) is 11.6. The molecule has 12 aromatic rings. The molecule has 2 aromatic heterocycles. The van der Waals surface area contributed by atoms with Crippen LogP contribution >= 0.6 is 11.3 Å². The topological polar surface area (TPSA) is 16.4 Å². The van der Waals surface area contributed by atoms with E-state index in [2.05, 4.69) is 217 Å². The number of para-hydroxylation sites is 2. The second-order valence-corrected chi connectivity index (χ2v) is 16.8. The Hall–Kier alpha value is -7.72. The first-order chi connectivity index (χ1) is 30.2. The highest BCUT2D eigenvalue weighted by molar-refractivity contribution is 7.25. The predicted molar refractivity (Wildman–Crippen MR) is 261 cm³/mol. The van der Waals surface area contributed by atoms with Crippen molar-refractivity contribution in [2.45, 2.75) is 0 Å². The highest BCUT2D eigenvalue weighted by atomic mass is 32.1. The number of fused-ring (bicyclic) bond motifs is 7. The van der Waals surface area contributed by atoms with Gasteiger partial charge in [-0.2, -0.15) is 0 Å². The fraction of sp³-hybridized carbons (Fsp3) is 0. The van der Waals surface area contributed by atoms with Crippen molar-refractivity contribution in [3.63, 3.8) is 0 Å². The SMILES string of the molecule is c1cc(-c2cccc(N(c3ccc(-c4ccc5c(c4)sc4ccccc45)cc3)c3ccccc3-c3ccc4c(c3)oc3ccccc34)c2)cc(-c2cccc3ccccc23)c1. The molecule has 0 aliphatic heterocycles. The zero-order valence-electron chi connectivity index (χ0n) is 33.1. The fourth-order valence-electron chi connectivity index (χ4n) is 9.11. The third kappa shape index (κ3) is 6.18. The maximum atomic E-state index is 6.40. The van der Waals surface area contributed by atoms with Gasteiger partial charge in [-0.1, -0.05) is 158 Å². The summed E-state index contributed by atoms with van der Waals surface area (Å²) in [4.78, 5) is 2.40. The summed E-state index contributed by atoms with van der Waals surface area (Å²) >= 11 is 1.86. The third-order valence-electron chi connectivity index (χ3n) is 12.1. The first-order valence-electron chi connectivity index (χ1n) is 20.7. The molecule has 3 heteroatoms. The largest absolute Gasteiger partial charge is 0.456 e. The van der Waals surface area contributed by atoms with Crippen LogP contribution in [0.3, 0.4) is 0 Å². The van der Waals surface area contributed by atoms with Crippen molar-refractivity contribution in [1.29, 1.82) is 0 Å². The molecule has 0 bridgehead atoms. The molecule has 0 atom stereocenters. The lowest BCUT2D eigenvalue weighted by Gasteiger charge is -2.28. The summed E-state index contributed by atoms with van der Waals surface area (Å²) in [5.41, 5.74) is 14.4. The summed E-state index contributed by atoms with van der Waals surface area (Å²) in [7, 11) is 0. The van der Waals surface area contributed by atoms with Gasteiger partial charge < -0.3 is 9.32 Å². The number of anilines is 3. The van der Waals surface area contributed by atoms with Crippen molar-refractivity contribution in [3.05, 3.63) is 224 Å². The van der Waals surface area contributed by atoms with Gasteiger partial charge in [0.2, 0.25) is 0 Å². The van der Waals surface area contributed by atoms with Crippen molar-refractivity contribution in [2.24, 2.45) is 0 Å². The van der Waals surface area contributed by atoms with Gasteiger partial charge in [-0.3, -0.25) is 0 Å². The van der Waals surface area contributed by atoms with Crippen LogP contribution < -0.4 is 4.90 Å². The Labute approximate surface area is 357 Å². The van der Waals surface area contributed by atoms with E-state index in [9.17, 15) is 0 Å². The number of furan rings is 1. The van der Waals surface area contributed by atoms with E-state index in [0.717, 1.165) is 55.7 Å². The van der Waals surface area contributed by atoms with E-state index in [0.29, 0.717) is 0 Å². The zero-order valence-corrected chi connectivity index (χ0v) is 33.9. The minimum absolute atomic E-state index is 0.882. The molecule has 0 unspecified atom stereocenters. The highest BCUT2D eigenvalue weighted by Gasteiger charge is 2.19. The number of hydrogen-bond donors (Lipinski definition) is 0. The molecule has 0 saturated carbocycles. The lowest BCUT2D eigenvalue weighted by atomic mass is 9.95. The third-order valence-corrected chi connectivity index (χ3v) is 13.2. The van der Waals surface area contributed by atoms with Crippen molar-refractivity contribution < 1.29 is 4.42 Å². The molecule has 10 aromatic carbocycles. The Bertz CT molecular complexity index is 3610. The summed E-state index contributed by atoms with van der Waals surface area (Å²) in [5.74, 6) is 0. The molecule has 0 saturated heterocycles. The molecule has 0 N–H and O–H groups in total. The molecule has 0 radical (unpaired) electrons. The summed E-state index contributed by atoms with van der Waals surface area (Å²) in [6.45, 7) is 0. The quantitative estimate of drug-likeness (QED) is 0.160. The second-order valence-electron chi connectivity index (χ2n) is 15.7. The van der Waals surface area contributed by atoms with Crippen LogP contribution in [0.15, 0.2) is 229 Å². The van der Waals surface area contributed by atoms with Crippen LogP contribution in [0, 0.1) is 0 Å². The maximum absolute atomic E-state index is 6.40. The van der Waals surface area contributed by atoms with E-state index in [-0.39, 0.29) is 0 Å². The van der Waals surface area contributed by atoms with Gasteiger partial charge in [-0.25, -0.2) is 0 Å². The summed E-state index contributed by atoms with van der Waals surface area (Å²) in [6, 6.07) is 81.3. The first kappa shape index (κ1) is 35.2. The zero-order chi connectivity index (χ0) is 40.3. The molecule has 0 aliphatic carbocycles. The van der Waals surface area contributed by atoms with Gasteiger partial charge in [-0.15, -0.1) is 11.3 Å². The van der Waals surface area contributed by atoms with Gasteiger partial charge in [0.25, 0.3) is 0 Å². The van der Waals surface area contributed by atoms with Gasteiger partial charge in [0.1, 0.15) is 11.2 Å². The molecule has 2 nitrogen and oxygen atoms in total. The fourth-order valence-corrected chi connectivity index (χ4v) is 10.3. The smallest absolute Gasteiger partial charge is 0.136 e. The second kappa shape index (κ2) is 14.5. The number of thiophene rings is 1. The Morgan fingerprint density at radius 2 is 0.902 bits per heavy atom. The van der Waals surface area contributed by atoms with E-state index < -0.39 is 0 Å². The highest BCUT2D eigenvalue weighted by Crippen LogP contribution is 2.44. The summed E-state index contributed by atoms with van der Waals surface area (Å²) in [5, 5.41) is 7.38. The van der Waals surface area contributed by atoms with Crippen molar-refractivity contribution in [3.8, 4) is 44.5 Å². The van der Waals surface area contributed by atoms with Crippen molar-refractivity contribution in [2.75, 3.05) is 4.90 Å². The minimum Gasteiger partial charge on any atom is -0.456 e. The molecule has 0 fully saturated rings. The Kier molecular flexibility index (Phi) is 8.39. The van der Waals surface area contributed by atoms with Crippen LogP contribution in [-0.2, 0) is 0 Å². The lowest BCUT2D eigenvalue weighted by molar-refractivity contribution is 0.669. The van der Waals surface area contributed by atoms with E-state index >= 15 is 0 Å². The van der Waals surface area contributed by atoms with Crippen LogP contribution in [0.1, 0.15) is 0 Å². The van der Waals surface area contributed by atoms with E-state index in [4.69, 9.17) is 4.42 Å². The Balaban J connectivity index is 0.985. The molecular weight excluding hydrogens is 759 g/mol.